The van der Waals surface area contributed by atoms with Crippen LogP contribution in [-0.4, -0.2) is 43.3 Å². The van der Waals surface area contributed by atoms with E-state index in [0.717, 1.165) is 25.3 Å². The van der Waals surface area contributed by atoms with Gasteiger partial charge in [0.1, 0.15) is 0 Å². The number of nitrogens with zero attached hydrogens (tertiary/aromatic N) is 2. The molecule has 2 heterocycles. The maximum Gasteiger partial charge on any atom is 0.213 e. The van der Waals surface area contributed by atoms with Crippen LogP contribution in [0.1, 0.15) is 24.0 Å². The number of rotatable bonds is 6. The first-order chi connectivity index (χ1) is 11.7. The SMILES string of the molecule is COc1cc(C)c(-c2cccc(CN(C)CC3CCCO3)c2)cn1. The van der Waals surface area contributed by atoms with Crippen molar-refractivity contribution in [2.24, 2.45) is 0 Å². The Kier molecular flexibility index (Phi) is 5.48. The van der Waals surface area contributed by atoms with Gasteiger partial charge in [0.05, 0.1) is 13.2 Å². The van der Waals surface area contributed by atoms with Crippen LogP contribution in [0.5, 0.6) is 5.88 Å². The number of hydrogen-bond acceptors (Lipinski definition) is 4. The zero-order valence-corrected chi connectivity index (χ0v) is 14.8. The second kappa shape index (κ2) is 7.77. The molecule has 0 radical (unpaired) electrons. The summed E-state index contributed by atoms with van der Waals surface area (Å²) in [5, 5.41) is 0. The van der Waals surface area contributed by atoms with Crippen LogP contribution in [0.15, 0.2) is 36.5 Å². The molecule has 1 unspecified atom stereocenters. The van der Waals surface area contributed by atoms with Gasteiger partial charge in [-0.2, -0.15) is 0 Å². The zero-order chi connectivity index (χ0) is 16.9. The van der Waals surface area contributed by atoms with Crippen LogP contribution < -0.4 is 4.74 Å². The summed E-state index contributed by atoms with van der Waals surface area (Å²) in [5.74, 6) is 0.656. The van der Waals surface area contributed by atoms with E-state index in [1.807, 2.05) is 12.3 Å². The molecule has 2 aromatic rings. The summed E-state index contributed by atoms with van der Waals surface area (Å²) in [7, 11) is 3.81. The van der Waals surface area contributed by atoms with Crippen molar-refractivity contribution in [1.29, 1.82) is 0 Å². The first kappa shape index (κ1) is 16.9. The summed E-state index contributed by atoms with van der Waals surface area (Å²) < 4.78 is 10.9. The molecule has 0 saturated carbocycles. The Bertz CT molecular complexity index is 681. The third-order valence-electron chi connectivity index (χ3n) is 4.52. The van der Waals surface area contributed by atoms with Crippen molar-refractivity contribution in [2.45, 2.75) is 32.4 Å². The van der Waals surface area contributed by atoms with Crippen molar-refractivity contribution in [3.63, 3.8) is 0 Å². The van der Waals surface area contributed by atoms with Crippen molar-refractivity contribution in [1.82, 2.24) is 9.88 Å². The Morgan fingerprint density at radius 3 is 2.92 bits per heavy atom. The lowest BCUT2D eigenvalue weighted by Crippen LogP contribution is -2.28. The predicted octanol–water partition coefficient (Wildman–Crippen LogP) is 3.68. The number of pyridine rings is 1. The molecule has 128 valence electrons. The van der Waals surface area contributed by atoms with Gasteiger partial charge in [-0.3, -0.25) is 4.90 Å². The molecule has 24 heavy (non-hydrogen) atoms. The minimum absolute atomic E-state index is 0.395. The first-order valence-electron chi connectivity index (χ1n) is 8.56. The molecule has 0 amide bonds. The highest BCUT2D eigenvalue weighted by Crippen LogP contribution is 2.26. The smallest absolute Gasteiger partial charge is 0.213 e. The lowest BCUT2D eigenvalue weighted by molar-refractivity contribution is 0.0793. The molecule has 1 saturated heterocycles. The van der Waals surface area contributed by atoms with Crippen molar-refractivity contribution < 1.29 is 9.47 Å². The third kappa shape index (κ3) is 4.13. The molecule has 0 spiro atoms. The van der Waals surface area contributed by atoms with E-state index in [2.05, 4.69) is 48.1 Å². The van der Waals surface area contributed by atoms with E-state index in [1.165, 1.54) is 29.5 Å². The van der Waals surface area contributed by atoms with E-state index in [9.17, 15) is 0 Å². The zero-order valence-electron chi connectivity index (χ0n) is 14.8. The number of likely N-dealkylation sites (N-methyl/N-ethyl adjacent to an activating group) is 1. The molecular formula is C20H26N2O2. The fraction of sp³-hybridized carbons (Fsp3) is 0.450. The van der Waals surface area contributed by atoms with E-state index in [-0.39, 0.29) is 0 Å². The average Bonchev–Trinajstić information content (AvgIpc) is 3.07. The van der Waals surface area contributed by atoms with Crippen LogP contribution in [-0.2, 0) is 11.3 Å². The number of benzene rings is 1. The van der Waals surface area contributed by atoms with Gasteiger partial charge in [-0.1, -0.05) is 18.2 Å². The molecule has 4 heteroatoms. The molecule has 4 nitrogen and oxygen atoms in total. The minimum Gasteiger partial charge on any atom is -0.481 e. The topological polar surface area (TPSA) is 34.6 Å². The fourth-order valence-electron chi connectivity index (χ4n) is 3.29. The highest BCUT2D eigenvalue weighted by Gasteiger charge is 2.17. The standard InChI is InChI=1S/C20H26N2O2/c1-15-10-20(23-3)21-12-19(15)17-7-4-6-16(11-17)13-22(2)14-18-8-5-9-24-18/h4,6-7,10-12,18H,5,8-9,13-14H2,1-3H3. The molecular weight excluding hydrogens is 300 g/mol. The van der Waals surface area contributed by atoms with Gasteiger partial charge in [-0.15, -0.1) is 0 Å². The molecule has 3 rings (SSSR count). The van der Waals surface area contributed by atoms with Gasteiger partial charge in [0, 0.05) is 37.5 Å². The van der Waals surface area contributed by atoms with Crippen LogP contribution in [0, 0.1) is 6.92 Å². The number of aryl methyl sites for hydroxylation is 1. The Morgan fingerprint density at radius 1 is 1.33 bits per heavy atom. The van der Waals surface area contributed by atoms with E-state index >= 15 is 0 Å². The second-order valence-corrected chi connectivity index (χ2v) is 6.57. The lowest BCUT2D eigenvalue weighted by atomic mass is 10.0. The van der Waals surface area contributed by atoms with E-state index in [1.54, 1.807) is 7.11 Å². The van der Waals surface area contributed by atoms with Gasteiger partial charge < -0.3 is 9.47 Å². The second-order valence-electron chi connectivity index (χ2n) is 6.57. The summed E-state index contributed by atoms with van der Waals surface area (Å²) in [6.07, 6.45) is 4.66. The summed E-state index contributed by atoms with van der Waals surface area (Å²) in [6, 6.07) is 10.7. The summed E-state index contributed by atoms with van der Waals surface area (Å²) in [4.78, 5) is 6.69. The molecule has 1 aromatic heterocycles. The molecule has 1 aromatic carbocycles. The quantitative estimate of drug-likeness (QED) is 0.811. The number of ether oxygens (including phenoxy) is 2. The molecule has 0 N–H and O–H groups in total. The van der Waals surface area contributed by atoms with Crippen LogP contribution in [0.3, 0.4) is 0 Å². The largest absolute Gasteiger partial charge is 0.481 e. The number of aromatic nitrogens is 1. The maximum atomic E-state index is 5.73. The molecule has 1 aliphatic rings. The number of hydrogen-bond donors (Lipinski definition) is 0. The van der Waals surface area contributed by atoms with Crippen LogP contribution >= 0.6 is 0 Å². The molecule has 1 fully saturated rings. The average molecular weight is 326 g/mol. The Labute approximate surface area is 144 Å². The number of methoxy groups -OCH3 is 1. The van der Waals surface area contributed by atoms with Gasteiger partial charge in [0.15, 0.2) is 0 Å². The highest BCUT2D eigenvalue weighted by molar-refractivity contribution is 5.67. The van der Waals surface area contributed by atoms with Crippen LogP contribution in [0.2, 0.25) is 0 Å². The monoisotopic (exact) mass is 326 g/mol. The molecule has 1 atom stereocenters. The van der Waals surface area contributed by atoms with Gasteiger partial charge in [-0.05, 0) is 49.6 Å². The maximum absolute atomic E-state index is 5.73. The molecule has 1 aliphatic heterocycles. The summed E-state index contributed by atoms with van der Waals surface area (Å²) >= 11 is 0. The van der Waals surface area contributed by atoms with E-state index in [0.29, 0.717) is 12.0 Å². The van der Waals surface area contributed by atoms with Crippen molar-refractivity contribution in [3.05, 3.63) is 47.7 Å². The summed E-state index contributed by atoms with van der Waals surface area (Å²) in [5.41, 5.74) is 4.83. The van der Waals surface area contributed by atoms with Crippen molar-refractivity contribution >= 4 is 0 Å². The molecule has 0 bridgehead atoms. The van der Waals surface area contributed by atoms with E-state index in [4.69, 9.17) is 9.47 Å². The Hall–Kier alpha value is -1.91. The Balaban J connectivity index is 1.71. The van der Waals surface area contributed by atoms with Gasteiger partial charge in [0.2, 0.25) is 5.88 Å². The van der Waals surface area contributed by atoms with Crippen LogP contribution in [0.4, 0.5) is 0 Å². The normalized spacial score (nSPS) is 17.4. The lowest BCUT2D eigenvalue weighted by Gasteiger charge is -2.21. The minimum atomic E-state index is 0.395. The highest BCUT2D eigenvalue weighted by atomic mass is 16.5. The first-order valence-corrected chi connectivity index (χ1v) is 8.56. The van der Waals surface area contributed by atoms with Crippen LogP contribution in [0.25, 0.3) is 11.1 Å². The van der Waals surface area contributed by atoms with E-state index < -0.39 is 0 Å². The molecule has 0 aliphatic carbocycles. The van der Waals surface area contributed by atoms with Gasteiger partial charge in [-0.25, -0.2) is 4.98 Å². The van der Waals surface area contributed by atoms with Gasteiger partial charge >= 0.3 is 0 Å². The Morgan fingerprint density at radius 2 is 2.21 bits per heavy atom. The predicted molar refractivity (Wildman–Crippen MR) is 96.3 cm³/mol. The summed E-state index contributed by atoms with van der Waals surface area (Å²) in [6.45, 7) is 4.93. The fourth-order valence-corrected chi connectivity index (χ4v) is 3.29. The van der Waals surface area contributed by atoms with Crippen molar-refractivity contribution in [2.75, 3.05) is 27.3 Å². The third-order valence-corrected chi connectivity index (χ3v) is 4.52. The van der Waals surface area contributed by atoms with Gasteiger partial charge in [0.25, 0.3) is 0 Å². The van der Waals surface area contributed by atoms with Crippen molar-refractivity contribution in [3.8, 4) is 17.0 Å².